The van der Waals surface area contributed by atoms with Crippen LogP contribution in [-0.4, -0.2) is 46.4 Å². The second kappa shape index (κ2) is 4.18. The van der Waals surface area contributed by atoms with Crippen molar-refractivity contribution in [3.05, 3.63) is 24.0 Å². The maximum atomic E-state index is 11.9. The van der Waals surface area contributed by atoms with Crippen LogP contribution in [0.1, 0.15) is 10.5 Å². The normalized spacial score (nSPS) is 15.8. The van der Waals surface area contributed by atoms with Crippen LogP contribution in [0, 0.1) is 0 Å². The Morgan fingerprint density at radius 2 is 2.38 bits per heavy atom. The molecule has 1 saturated heterocycles. The van der Waals surface area contributed by atoms with Gasteiger partial charge >= 0.3 is 0 Å². The average molecular weight is 221 g/mol. The summed E-state index contributed by atoms with van der Waals surface area (Å²) in [6, 6.07) is 2.93. The van der Waals surface area contributed by atoms with Crippen molar-refractivity contribution in [1.29, 1.82) is 0 Å². The highest BCUT2D eigenvalue weighted by Gasteiger charge is 2.24. The van der Waals surface area contributed by atoms with Gasteiger partial charge in [0, 0.05) is 19.3 Å². The van der Waals surface area contributed by atoms with Crippen LogP contribution in [0.4, 0.5) is 0 Å². The van der Waals surface area contributed by atoms with Crippen molar-refractivity contribution in [2.24, 2.45) is 0 Å². The molecule has 1 fully saturated rings. The Hall–Kier alpha value is -2.11. The van der Waals surface area contributed by atoms with E-state index in [0.717, 1.165) is 0 Å². The summed E-state index contributed by atoms with van der Waals surface area (Å²) in [6.45, 7) is 0.869. The molecule has 2 N–H and O–H groups in total. The summed E-state index contributed by atoms with van der Waals surface area (Å²) in [6.07, 6.45) is 1.43. The first kappa shape index (κ1) is 10.4. The smallest absolute Gasteiger partial charge is 0.276 e. The molecule has 84 valence electrons. The van der Waals surface area contributed by atoms with E-state index >= 15 is 0 Å². The van der Waals surface area contributed by atoms with Gasteiger partial charge < -0.3 is 15.3 Å². The molecule has 1 aromatic rings. The summed E-state index contributed by atoms with van der Waals surface area (Å²) >= 11 is 0. The molecule has 0 atom stereocenters. The van der Waals surface area contributed by atoms with Gasteiger partial charge in [-0.3, -0.25) is 9.59 Å². The molecule has 0 aliphatic carbocycles. The molecule has 0 bridgehead atoms. The molecule has 6 nitrogen and oxygen atoms in total. The van der Waals surface area contributed by atoms with Crippen molar-refractivity contribution in [2.75, 3.05) is 19.6 Å². The summed E-state index contributed by atoms with van der Waals surface area (Å²) in [7, 11) is 0. The van der Waals surface area contributed by atoms with Gasteiger partial charge in [-0.15, -0.1) is 0 Å². The summed E-state index contributed by atoms with van der Waals surface area (Å²) in [4.78, 5) is 28.2. The summed E-state index contributed by atoms with van der Waals surface area (Å²) < 4.78 is 0. The minimum absolute atomic E-state index is 0.00878. The van der Waals surface area contributed by atoms with E-state index < -0.39 is 5.91 Å². The molecule has 1 aliphatic heterocycles. The fourth-order valence-electron chi connectivity index (χ4n) is 1.52. The number of pyridine rings is 1. The van der Waals surface area contributed by atoms with Crippen LogP contribution in [0.5, 0.6) is 5.75 Å². The fraction of sp³-hybridized carbons (Fsp3) is 0.300. The molecular weight excluding hydrogens is 210 g/mol. The highest BCUT2D eigenvalue weighted by atomic mass is 16.3. The van der Waals surface area contributed by atoms with Gasteiger partial charge in [0.05, 0.1) is 6.54 Å². The number of carbonyl (C=O) groups is 2. The SMILES string of the molecule is O=C1CN(C(=O)c2ncccc2O)CCN1. The number of carbonyl (C=O) groups excluding carboxylic acids is 2. The minimum atomic E-state index is -0.423. The van der Waals surface area contributed by atoms with Crippen molar-refractivity contribution in [3.8, 4) is 5.75 Å². The number of aromatic nitrogens is 1. The van der Waals surface area contributed by atoms with E-state index in [2.05, 4.69) is 10.3 Å². The lowest BCUT2D eigenvalue weighted by Crippen LogP contribution is -2.50. The summed E-state index contributed by atoms with van der Waals surface area (Å²) in [5.74, 6) is -0.790. The zero-order valence-electron chi connectivity index (χ0n) is 8.51. The van der Waals surface area contributed by atoms with Gasteiger partial charge in [0.2, 0.25) is 5.91 Å². The number of aromatic hydroxyl groups is 1. The first-order chi connectivity index (χ1) is 7.68. The van der Waals surface area contributed by atoms with Crippen LogP contribution in [0.25, 0.3) is 0 Å². The quantitative estimate of drug-likeness (QED) is 0.660. The lowest BCUT2D eigenvalue weighted by molar-refractivity contribution is -0.123. The molecular formula is C10H11N3O3. The number of hydrogen-bond acceptors (Lipinski definition) is 4. The molecule has 16 heavy (non-hydrogen) atoms. The van der Waals surface area contributed by atoms with Crippen LogP contribution >= 0.6 is 0 Å². The second-order valence-electron chi connectivity index (χ2n) is 3.45. The maximum Gasteiger partial charge on any atom is 0.276 e. The topological polar surface area (TPSA) is 82.5 Å². The Morgan fingerprint density at radius 1 is 1.56 bits per heavy atom. The molecule has 1 aromatic heterocycles. The van der Waals surface area contributed by atoms with Gasteiger partial charge in [0.25, 0.3) is 5.91 Å². The van der Waals surface area contributed by atoms with Gasteiger partial charge in [0.15, 0.2) is 5.69 Å². The van der Waals surface area contributed by atoms with Gasteiger partial charge in [-0.05, 0) is 12.1 Å². The van der Waals surface area contributed by atoms with Gasteiger partial charge in [0.1, 0.15) is 5.75 Å². The first-order valence-electron chi connectivity index (χ1n) is 4.88. The number of piperazine rings is 1. The van der Waals surface area contributed by atoms with E-state index in [0.29, 0.717) is 13.1 Å². The largest absolute Gasteiger partial charge is 0.505 e. The Labute approximate surface area is 91.9 Å². The van der Waals surface area contributed by atoms with E-state index in [1.54, 1.807) is 0 Å². The zero-order valence-corrected chi connectivity index (χ0v) is 8.51. The molecule has 6 heteroatoms. The molecule has 0 saturated carbocycles. The predicted molar refractivity (Wildman–Crippen MR) is 54.8 cm³/mol. The minimum Gasteiger partial charge on any atom is -0.505 e. The maximum absolute atomic E-state index is 11.9. The zero-order chi connectivity index (χ0) is 11.5. The van der Waals surface area contributed by atoms with E-state index in [1.807, 2.05) is 0 Å². The van der Waals surface area contributed by atoms with Crippen molar-refractivity contribution in [3.63, 3.8) is 0 Å². The Morgan fingerprint density at radius 3 is 3.06 bits per heavy atom. The molecule has 0 radical (unpaired) electrons. The van der Waals surface area contributed by atoms with Crippen LogP contribution in [0.3, 0.4) is 0 Å². The fourth-order valence-corrected chi connectivity index (χ4v) is 1.52. The van der Waals surface area contributed by atoms with Crippen molar-refractivity contribution < 1.29 is 14.7 Å². The third-order valence-electron chi connectivity index (χ3n) is 2.31. The monoisotopic (exact) mass is 221 g/mol. The summed E-state index contributed by atoms with van der Waals surface area (Å²) in [5, 5.41) is 12.1. The molecule has 0 aromatic carbocycles. The van der Waals surface area contributed by atoms with Gasteiger partial charge in [-0.2, -0.15) is 0 Å². The Bertz CT molecular complexity index is 433. The van der Waals surface area contributed by atoms with Gasteiger partial charge in [-0.1, -0.05) is 0 Å². The molecule has 0 spiro atoms. The highest BCUT2D eigenvalue weighted by Crippen LogP contribution is 2.15. The highest BCUT2D eigenvalue weighted by molar-refractivity contribution is 5.97. The molecule has 1 aliphatic rings. The average Bonchev–Trinajstić information content (AvgIpc) is 2.29. The van der Waals surface area contributed by atoms with Crippen LogP contribution < -0.4 is 5.32 Å². The first-order valence-corrected chi connectivity index (χ1v) is 4.88. The van der Waals surface area contributed by atoms with Gasteiger partial charge in [-0.25, -0.2) is 4.98 Å². The number of nitrogens with one attached hydrogen (secondary N) is 1. The Kier molecular flexibility index (Phi) is 2.72. The molecule has 2 rings (SSSR count). The lowest BCUT2D eigenvalue weighted by atomic mass is 10.2. The second-order valence-corrected chi connectivity index (χ2v) is 3.45. The van der Waals surface area contributed by atoms with Crippen LogP contribution in [0.2, 0.25) is 0 Å². The number of hydrogen-bond donors (Lipinski definition) is 2. The molecule has 0 unspecified atom stereocenters. The van der Waals surface area contributed by atoms with E-state index in [9.17, 15) is 14.7 Å². The van der Waals surface area contributed by atoms with Crippen molar-refractivity contribution in [2.45, 2.75) is 0 Å². The third kappa shape index (κ3) is 1.95. The third-order valence-corrected chi connectivity index (χ3v) is 2.31. The number of amides is 2. The Balaban J connectivity index is 2.19. The molecule has 2 heterocycles. The van der Waals surface area contributed by atoms with E-state index in [1.165, 1.54) is 23.2 Å². The number of rotatable bonds is 1. The van der Waals surface area contributed by atoms with Crippen LogP contribution in [-0.2, 0) is 4.79 Å². The molecule has 2 amide bonds. The van der Waals surface area contributed by atoms with Crippen molar-refractivity contribution in [1.82, 2.24) is 15.2 Å². The standard InChI is InChI=1S/C10H11N3O3/c14-7-2-1-3-12-9(7)10(16)13-5-4-11-8(15)6-13/h1-3,14H,4-6H2,(H,11,15). The van der Waals surface area contributed by atoms with E-state index in [4.69, 9.17) is 0 Å². The van der Waals surface area contributed by atoms with Crippen molar-refractivity contribution >= 4 is 11.8 Å². The van der Waals surface area contributed by atoms with Crippen LogP contribution in [0.15, 0.2) is 18.3 Å². The number of nitrogens with zero attached hydrogens (tertiary/aromatic N) is 2. The summed E-state index contributed by atoms with van der Waals surface area (Å²) in [5.41, 5.74) is -0.0165. The lowest BCUT2D eigenvalue weighted by Gasteiger charge is -2.26. The van der Waals surface area contributed by atoms with E-state index in [-0.39, 0.29) is 23.9 Å². The predicted octanol–water partition coefficient (Wildman–Crippen LogP) is -0.641.